The summed E-state index contributed by atoms with van der Waals surface area (Å²) in [4.78, 5) is 37.0. The van der Waals surface area contributed by atoms with E-state index in [9.17, 15) is 18.8 Å². The van der Waals surface area contributed by atoms with Gasteiger partial charge in [-0.05, 0) is 42.5 Å². The van der Waals surface area contributed by atoms with Crippen LogP contribution in [-0.2, 0) is 9.53 Å². The highest BCUT2D eigenvalue weighted by Gasteiger charge is 2.14. The number of methoxy groups -OCH3 is 1. The normalized spacial score (nSPS) is 10.1. The van der Waals surface area contributed by atoms with Crippen LogP contribution in [0.15, 0.2) is 48.5 Å². The van der Waals surface area contributed by atoms with Gasteiger partial charge in [0.1, 0.15) is 5.82 Å². The molecule has 0 saturated carbocycles. The van der Waals surface area contributed by atoms with Gasteiger partial charge in [0.2, 0.25) is 5.91 Å². The summed E-state index contributed by atoms with van der Waals surface area (Å²) in [6.07, 6.45) is 0. The molecule has 2 rings (SSSR count). The smallest absolute Gasteiger partial charge is 0.337 e. The molecular weight excluding hydrogens is 339 g/mol. The minimum atomic E-state index is -0.500. The molecule has 7 heteroatoms. The minimum absolute atomic E-state index is 0.193. The van der Waals surface area contributed by atoms with E-state index in [1.54, 1.807) is 24.3 Å². The van der Waals surface area contributed by atoms with Crippen LogP contribution in [0, 0.1) is 5.82 Å². The summed E-state index contributed by atoms with van der Waals surface area (Å²) in [7, 11) is 1.28. The third-order valence-electron chi connectivity index (χ3n) is 3.69. The Morgan fingerprint density at radius 3 is 2.38 bits per heavy atom. The van der Waals surface area contributed by atoms with Crippen molar-refractivity contribution < 1.29 is 23.5 Å². The van der Waals surface area contributed by atoms with E-state index in [-0.39, 0.29) is 24.9 Å². The molecule has 0 unspecified atom stereocenters. The van der Waals surface area contributed by atoms with E-state index >= 15 is 0 Å². The molecule has 1 N–H and O–H groups in total. The van der Waals surface area contributed by atoms with Crippen LogP contribution < -0.4 is 10.2 Å². The van der Waals surface area contributed by atoms with Crippen molar-refractivity contribution in [3.63, 3.8) is 0 Å². The Morgan fingerprint density at radius 2 is 1.77 bits per heavy atom. The summed E-state index contributed by atoms with van der Waals surface area (Å²) in [5, 5.41) is 2.68. The van der Waals surface area contributed by atoms with E-state index in [1.807, 2.05) is 0 Å². The van der Waals surface area contributed by atoms with Gasteiger partial charge in [0.05, 0.1) is 12.7 Å². The number of ether oxygens (including phenoxy) is 1. The van der Waals surface area contributed by atoms with E-state index in [1.165, 1.54) is 43.2 Å². The highest BCUT2D eigenvalue weighted by molar-refractivity contribution is 5.96. The topological polar surface area (TPSA) is 75.7 Å². The number of amides is 2. The molecule has 0 radical (unpaired) electrons. The highest BCUT2D eigenvalue weighted by Crippen LogP contribution is 2.17. The third kappa shape index (κ3) is 4.89. The summed E-state index contributed by atoms with van der Waals surface area (Å²) in [5.41, 5.74) is 1.18. The van der Waals surface area contributed by atoms with Gasteiger partial charge in [0, 0.05) is 31.3 Å². The molecule has 136 valence electrons. The second-order valence-electron chi connectivity index (χ2n) is 5.48. The molecule has 0 aliphatic rings. The quantitative estimate of drug-likeness (QED) is 0.805. The number of hydrogen-bond acceptors (Lipinski definition) is 4. The maximum absolute atomic E-state index is 12.9. The van der Waals surface area contributed by atoms with Gasteiger partial charge in [-0.25, -0.2) is 9.18 Å². The molecule has 26 heavy (non-hydrogen) atoms. The Kier molecular flexibility index (Phi) is 6.43. The monoisotopic (exact) mass is 358 g/mol. The molecule has 2 amide bonds. The number of carbonyl (C=O) groups excluding carboxylic acids is 3. The third-order valence-corrected chi connectivity index (χ3v) is 3.69. The van der Waals surface area contributed by atoms with Gasteiger partial charge < -0.3 is 15.0 Å². The van der Waals surface area contributed by atoms with Gasteiger partial charge in [-0.3, -0.25) is 9.59 Å². The summed E-state index contributed by atoms with van der Waals surface area (Å²) >= 11 is 0. The average Bonchev–Trinajstić information content (AvgIpc) is 2.64. The van der Waals surface area contributed by atoms with Crippen LogP contribution >= 0.6 is 0 Å². The fraction of sp³-hybridized carbons (Fsp3) is 0.211. The Balaban J connectivity index is 2.02. The lowest BCUT2D eigenvalue weighted by Crippen LogP contribution is -2.37. The van der Waals surface area contributed by atoms with Gasteiger partial charge in [0.15, 0.2) is 0 Å². The van der Waals surface area contributed by atoms with Gasteiger partial charge in [0.25, 0.3) is 5.91 Å². The number of hydrogen-bond donors (Lipinski definition) is 1. The summed E-state index contributed by atoms with van der Waals surface area (Å²) in [6.45, 7) is 1.80. The SMILES string of the molecule is COC(=O)c1cccc(N(CCNC(=O)c2ccc(F)cc2)C(C)=O)c1. The molecular formula is C19H19FN2O4. The maximum Gasteiger partial charge on any atom is 0.337 e. The number of benzene rings is 2. The molecule has 0 fully saturated rings. The number of nitrogens with one attached hydrogen (secondary N) is 1. The molecule has 2 aromatic carbocycles. The molecule has 0 spiro atoms. The van der Waals surface area contributed by atoms with Gasteiger partial charge in [-0.2, -0.15) is 0 Å². The zero-order valence-corrected chi connectivity index (χ0v) is 14.5. The summed E-state index contributed by atoms with van der Waals surface area (Å²) in [6, 6.07) is 11.6. The molecule has 0 atom stereocenters. The van der Waals surface area contributed by atoms with Crippen LogP contribution in [0.25, 0.3) is 0 Å². The van der Waals surface area contributed by atoms with Gasteiger partial charge in [-0.15, -0.1) is 0 Å². The fourth-order valence-electron chi connectivity index (χ4n) is 2.37. The predicted octanol–water partition coefficient (Wildman–Crippen LogP) is 2.40. The fourth-order valence-corrected chi connectivity index (χ4v) is 2.37. The highest BCUT2D eigenvalue weighted by atomic mass is 19.1. The van der Waals surface area contributed by atoms with Crippen molar-refractivity contribution in [3.8, 4) is 0 Å². The van der Waals surface area contributed by atoms with Crippen molar-refractivity contribution in [2.24, 2.45) is 0 Å². The summed E-state index contributed by atoms with van der Waals surface area (Å²) < 4.78 is 17.6. The number of halogens is 1. The first-order valence-corrected chi connectivity index (χ1v) is 7.92. The molecule has 0 saturated heterocycles. The first-order valence-electron chi connectivity index (χ1n) is 7.92. The first kappa shape index (κ1) is 19.1. The number of esters is 1. The van der Waals surface area contributed by atoms with Crippen molar-refractivity contribution in [3.05, 3.63) is 65.5 Å². The maximum atomic E-state index is 12.9. The van der Waals surface area contributed by atoms with E-state index in [0.717, 1.165) is 0 Å². The lowest BCUT2D eigenvalue weighted by Gasteiger charge is -2.22. The van der Waals surface area contributed by atoms with Crippen molar-refractivity contribution in [1.29, 1.82) is 0 Å². The van der Waals surface area contributed by atoms with Crippen molar-refractivity contribution in [1.82, 2.24) is 5.32 Å². The van der Waals surface area contributed by atoms with Gasteiger partial charge >= 0.3 is 5.97 Å². The Morgan fingerprint density at radius 1 is 1.08 bits per heavy atom. The Labute approximate surface area is 150 Å². The van der Waals surface area contributed by atoms with E-state index in [0.29, 0.717) is 16.8 Å². The van der Waals surface area contributed by atoms with Crippen LogP contribution in [0.3, 0.4) is 0 Å². The Bertz CT molecular complexity index is 805. The zero-order chi connectivity index (χ0) is 19.1. The number of anilines is 1. The number of carbonyl (C=O) groups is 3. The lowest BCUT2D eigenvalue weighted by molar-refractivity contribution is -0.116. The standard InChI is InChI=1S/C19H19FN2O4/c1-13(23)22(17-5-3-4-15(12-17)19(25)26-2)11-10-21-18(24)14-6-8-16(20)9-7-14/h3-9,12H,10-11H2,1-2H3,(H,21,24). The van der Waals surface area contributed by atoms with Crippen molar-refractivity contribution in [2.75, 3.05) is 25.1 Å². The summed E-state index contributed by atoms with van der Waals surface area (Å²) in [5.74, 6) is -1.52. The van der Waals surface area contributed by atoms with Crippen molar-refractivity contribution in [2.45, 2.75) is 6.92 Å². The average molecular weight is 358 g/mol. The van der Waals surface area contributed by atoms with E-state index in [2.05, 4.69) is 10.1 Å². The van der Waals surface area contributed by atoms with E-state index < -0.39 is 11.8 Å². The second kappa shape index (κ2) is 8.75. The molecule has 0 aliphatic carbocycles. The van der Waals surface area contributed by atoms with Crippen LogP contribution in [0.2, 0.25) is 0 Å². The molecule has 0 aliphatic heterocycles. The van der Waals surface area contributed by atoms with Crippen molar-refractivity contribution >= 4 is 23.5 Å². The number of nitrogens with zero attached hydrogens (tertiary/aromatic N) is 1. The van der Waals surface area contributed by atoms with Crippen LogP contribution in [0.5, 0.6) is 0 Å². The molecule has 0 aromatic heterocycles. The predicted molar refractivity (Wildman–Crippen MR) is 94.5 cm³/mol. The molecule has 6 nitrogen and oxygen atoms in total. The molecule has 0 bridgehead atoms. The largest absolute Gasteiger partial charge is 0.465 e. The minimum Gasteiger partial charge on any atom is -0.465 e. The molecule has 2 aromatic rings. The van der Waals surface area contributed by atoms with Crippen LogP contribution in [0.1, 0.15) is 27.6 Å². The first-order chi connectivity index (χ1) is 12.4. The molecule has 0 heterocycles. The Hall–Kier alpha value is -3.22. The van der Waals surface area contributed by atoms with Crippen LogP contribution in [0.4, 0.5) is 10.1 Å². The van der Waals surface area contributed by atoms with Crippen LogP contribution in [-0.4, -0.2) is 38.0 Å². The lowest BCUT2D eigenvalue weighted by atomic mass is 10.2. The van der Waals surface area contributed by atoms with E-state index in [4.69, 9.17) is 0 Å². The second-order valence-corrected chi connectivity index (χ2v) is 5.48. The zero-order valence-electron chi connectivity index (χ0n) is 14.5. The number of rotatable bonds is 6. The van der Waals surface area contributed by atoms with Gasteiger partial charge in [-0.1, -0.05) is 6.07 Å².